The SMILES string of the molecule is Cc1cc(F)ccc1NCc1nc2c([nH]1)C(=O)C(=O)c1ccccc1-2. The first-order valence-electron chi connectivity index (χ1n) is 7.82. The Bertz CT molecular complexity index is 1020. The quantitative estimate of drug-likeness (QED) is 0.718. The van der Waals surface area contributed by atoms with Crippen molar-refractivity contribution in [2.24, 2.45) is 0 Å². The molecule has 1 aliphatic rings. The van der Waals surface area contributed by atoms with Crippen LogP contribution in [-0.2, 0) is 6.54 Å². The van der Waals surface area contributed by atoms with Crippen molar-refractivity contribution < 1.29 is 14.0 Å². The number of aryl methyl sites for hydroxylation is 1. The number of hydrogen-bond acceptors (Lipinski definition) is 4. The lowest BCUT2D eigenvalue weighted by atomic mass is 9.90. The molecule has 6 heteroatoms. The third kappa shape index (κ3) is 2.52. The molecule has 0 amide bonds. The van der Waals surface area contributed by atoms with Crippen LogP contribution < -0.4 is 5.32 Å². The minimum atomic E-state index is -0.578. The number of Topliss-reactive ketones (excluding diaryl/α,β-unsaturated/α-hetero) is 2. The Balaban J connectivity index is 1.66. The molecule has 2 aromatic carbocycles. The molecular formula is C19H14FN3O2. The van der Waals surface area contributed by atoms with Gasteiger partial charge in [0.05, 0.1) is 6.54 Å². The number of halogens is 1. The Morgan fingerprint density at radius 2 is 1.84 bits per heavy atom. The van der Waals surface area contributed by atoms with Crippen LogP contribution in [0.1, 0.15) is 32.2 Å². The minimum absolute atomic E-state index is 0.219. The predicted octanol–water partition coefficient (Wildman–Crippen LogP) is 3.52. The summed E-state index contributed by atoms with van der Waals surface area (Å²) in [5.41, 5.74) is 3.29. The molecule has 3 aromatic rings. The lowest BCUT2D eigenvalue weighted by Gasteiger charge is -2.11. The Morgan fingerprint density at radius 1 is 1.08 bits per heavy atom. The summed E-state index contributed by atoms with van der Waals surface area (Å²) in [6, 6.07) is 11.4. The van der Waals surface area contributed by atoms with Crippen molar-refractivity contribution in [3.05, 3.63) is 70.9 Å². The average Bonchev–Trinajstić information content (AvgIpc) is 3.03. The highest BCUT2D eigenvalue weighted by Gasteiger charge is 2.33. The first-order valence-corrected chi connectivity index (χ1v) is 7.82. The summed E-state index contributed by atoms with van der Waals surface area (Å²) < 4.78 is 13.2. The topological polar surface area (TPSA) is 74.8 Å². The molecule has 0 aliphatic heterocycles. The first kappa shape index (κ1) is 15.3. The molecule has 4 rings (SSSR count). The number of carbonyl (C=O) groups excluding carboxylic acids is 2. The van der Waals surface area contributed by atoms with Crippen LogP contribution in [0.25, 0.3) is 11.3 Å². The van der Waals surface area contributed by atoms with Crippen LogP contribution in [0.4, 0.5) is 10.1 Å². The van der Waals surface area contributed by atoms with E-state index in [1.807, 2.05) is 0 Å². The van der Waals surface area contributed by atoms with Crippen molar-refractivity contribution in [3.8, 4) is 11.3 Å². The van der Waals surface area contributed by atoms with Crippen molar-refractivity contribution in [1.29, 1.82) is 0 Å². The fourth-order valence-corrected chi connectivity index (χ4v) is 2.99. The lowest BCUT2D eigenvalue weighted by Crippen LogP contribution is -2.21. The van der Waals surface area contributed by atoms with Gasteiger partial charge in [0, 0.05) is 16.8 Å². The second kappa shape index (κ2) is 5.66. The van der Waals surface area contributed by atoms with Crippen LogP contribution in [0.2, 0.25) is 0 Å². The van der Waals surface area contributed by atoms with Gasteiger partial charge < -0.3 is 10.3 Å². The maximum atomic E-state index is 13.2. The van der Waals surface area contributed by atoms with E-state index in [0.717, 1.165) is 11.3 Å². The third-order valence-electron chi connectivity index (χ3n) is 4.25. The highest BCUT2D eigenvalue weighted by Crippen LogP contribution is 2.31. The molecule has 0 saturated carbocycles. The van der Waals surface area contributed by atoms with E-state index < -0.39 is 11.6 Å². The van der Waals surface area contributed by atoms with Crippen LogP contribution in [0.5, 0.6) is 0 Å². The number of nitrogens with one attached hydrogen (secondary N) is 2. The summed E-state index contributed by atoms with van der Waals surface area (Å²) in [6.07, 6.45) is 0. The fourth-order valence-electron chi connectivity index (χ4n) is 2.99. The number of H-pyrrole nitrogens is 1. The smallest absolute Gasteiger partial charge is 0.251 e. The van der Waals surface area contributed by atoms with E-state index >= 15 is 0 Å². The standard InChI is InChI=1S/C19H14FN3O2/c1-10-8-11(20)6-7-14(10)21-9-15-22-16-12-4-2-3-5-13(12)18(24)19(25)17(16)23-15/h2-8,21H,9H2,1H3,(H,22,23). The number of hydrogen-bond donors (Lipinski definition) is 2. The number of aromatic amines is 1. The molecule has 124 valence electrons. The second-order valence-electron chi connectivity index (χ2n) is 5.92. The molecule has 0 bridgehead atoms. The zero-order valence-corrected chi connectivity index (χ0v) is 13.4. The summed E-state index contributed by atoms with van der Waals surface area (Å²) in [4.78, 5) is 31.9. The number of ketones is 2. The summed E-state index contributed by atoms with van der Waals surface area (Å²) in [6.45, 7) is 2.13. The number of rotatable bonds is 3. The Labute approximate surface area is 142 Å². The number of aromatic nitrogens is 2. The van der Waals surface area contributed by atoms with Gasteiger partial charge in [-0.15, -0.1) is 0 Å². The van der Waals surface area contributed by atoms with Gasteiger partial charge in [-0.3, -0.25) is 9.59 Å². The van der Waals surface area contributed by atoms with Gasteiger partial charge in [-0.05, 0) is 30.7 Å². The van der Waals surface area contributed by atoms with E-state index in [1.165, 1.54) is 12.1 Å². The average molecular weight is 335 g/mol. The number of nitrogens with zero attached hydrogens (tertiary/aromatic N) is 1. The number of imidazole rings is 1. The van der Waals surface area contributed by atoms with Gasteiger partial charge in [0.2, 0.25) is 5.78 Å². The van der Waals surface area contributed by atoms with E-state index in [9.17, 15) is 14.0 Å². The monoisotopic (exact) mass is 335 g/mol. The first-order chi connectivity index (χ1) is 12.0. The molecule has 1 heterocycles. The van der Waals surface area contributed by atoms with E-state index in [2.05, 4.69) is 15.3 Å². The maximum Gasteiger partial charge on any atom is 0.251 e. The summed E-state index contributed by atoms with van der Waals surface area (Å²) >= 11 is 0. The summed E-state index contributed by atoms with van der Waals surface area (Å²) in [7, 11) is 0. The molecule has 0 radical (unpaired) electrons. The molecular weight excluding hydrogens is 321 g/mol. The van der Waals surface area contributed by atoms with Crippen LogP contribution in [0.3, 0.4) is 0 Å². The van der Waals surface area contributed by atoms with Crippen molar-refractivity contribution in [3.63, 3.8) is 0 Å². The van der Waals surface area contributed by atoms with Crippen LogP contribution in [0.15, 0.2) is 42.5 Å². The second-order valence-corrected chi connectivity index (χ2v) is 5.92. The van der Waals surface area contributed by atoms with Crippen LogP contribution >= 0.6 is 0 Å². The molecule has 0 unspecified atom stereocenters. The molecule has 0 spiro atoms. The molecule has 2 N–H and O–H groups in total. The predicted molar refractivity (Wildman–Crippen MR) is 91.1 cm³/mol. The Hall–Kier alpha value is -3.28. The molecule has 1 aliphatic carbocycles. The van der Waals surface area contributed by atoms with E-state index in [4.69, 9.17) is 0 Å². The third-order valence-corrected chi connectivity index (χ3v) is 4.25. The molecule has 25 heavy (non-hydrogen) atoms. The molecule has 5 nitrogen and oxygen atoms in total. The largest absolute Gasteiger partial charge is 0.378 e. The van der Waals surface area contributed by atoms with Gasteiger partial charge in [0.1, 0.15) is 23.0 Å². The highest BCUT2D eigenvalue weighted by molar-refractivity contribution is 6.52. The van der Waals surface area contributed by atoms with Gasteiger partial charge in [-0.2, -0.15) is 0 Å². The zero-order chi connectivity index (χ0) is 17.6. The summed E-state index contributed by atoms with van der Waals surface area (Å²) in [5.74, 6) is -0.866. The van der Waals surface area contributed by atoms with Crippen LogP contribution in [-0.4, -0.2) is 21.5 Å². The minimum Gasteiger partial charge on any atom is -0.378 e. The van der Waals surface area contributed by atoms with E-state index in [0.29, 0.717) is 29.2 Å². The van der Waals surface area contributed by atoms with Gasteiger partial charge in [0.15, 0.2) is 0 Å². The Kier molecular flexibility index (Phi) is 3.46. The van der Waals surface area contributed by atoms with Crippen molar-refractivity contribution in [2.75, 3.05) is 5.32 Å². The Morgan fingerprint density at radius 3 is 2.60 bits per heavy atom. The van der Waals surface area contributed by atoms with Crippen molar-refractivity contribution >= 4 is 17.3 Å². The van der Waals surface area contributed by atoms with Gasteiger partial charge in [0.25, 0.3) is 5.78 Å². The zero-order valence-electron chi connectivity index (χ0n) is 13.4. The van der Waals surface area contributed by atoms with Gasteiger partial charge >= 0.3 is 0 Å². The number of benzene rings is 2. The normalized spacial score (nSPS) is 12.7. The lowest BCUT2D eigenvalue weighted by molar-refractivity contribution is 0.0812. The van der Waals surface area contributed by atoms with E-state index in [1.54, 1.807) is 37.3 Å². The molecule has 0 fully saturated rings. The molecule has 0 atom stereocenters. The number of anilines is 1. The van der Waals surface area contributed by atoms with Gasteiger partial charge in [-0.25, -0.2) is 9.37 Å². The van der Waals surface area contributed by atoms with Crippen LogP contribution in [0, 0.1) is 12.7 Å². The fraction of sp³-hybridized carbons (Fsp3) is 0.105. The van der Waals surface area contributed by atoms with E-state index in [-0.39, 0.29) is 11.5 Å². The maximum absolute atomic E-state index is 13.2. The molecule has 1 aromatic heterocycles. The number of carbonyl (C=O) groups is 2. The van der Waals surface area contributed by atoms with Crippen molar-refractivity contribution in [1.82, 2.24) is 9.97 Å². The number of fused-ring (bicyclic) bond motifs is 3. The highest BCUT2D eigenvalue weighted by atomic mass is 19.1. The summed E-state index contributed by atoms with van der Waals surface area (Å²) in [5, 5.41) is 3.16. The molecule has 0 saturated heterocycles. The van der Waals surface area contributed by atoms with Crippen molar-refractivity contribution in [2.45, 2.75) is 13.5 Å². The van der Waals surface area contributed by atoms with Gasteiger partial charge in [-0.1, -0.05) is 24.3 Å².